The fourth-order valence-corrected chi connectivity index (χ4v) is 5.82. The van der Waals surface area contributed by atoms with E-state index in [1.807, 2.05) is 74.5 Å². The predicted octanol–water partition coefficient (Wildman–Crippen LogP) is 2.80. The van der Waals surface area contributed by atoms with Gasteiger partial charge >= 0.3 is 5.97 Å². The van der Waals surface area contributed by atoms with E-state index in [2.05, 4.69) is 5.32 Å². The SMILES string of the molecule is CC(=O)N1CC(c2ccccc2)N(CC(=O)NC2(C(O)C(=O)OC(C)C)C[C@H]2c2ccccc2)C(=O)C1C(C)C. The Labute approximate surface area is 235 Å². The van der Waals surface area contributed by atoms with Crippen molar-refractivity contribution in [2.24, 2.45) is 5.92 Å². The number of benzene rings is 2. The van der Waals surface area contributed by atoms with Crippen molar-refractivity contribution in [2.45, 2.75) is 76.8 Å². The van der Waals surface area contributed by atoms with Gasteiger partial charge in [-0.3, -0.25) is 14.4 Å². The summed E-state index contributed by atoms with van der Waals surface area (Å²) in [5.41, 5.74) is 0.433. The summed E-state index contributed by atoms with van der Waals surface area (Å²) in [6, 6.07) is 17.5. The summed E-state index contributed by atoms with van der Waals surface area (Å²) < 4.78 is 5.28. The molecule has 1 heterocycles. The van der Waals surface area contributed by atoms with Crippen LogP contribution in [0.25, 0.3) is 0 Å². The first-order valence-corrected chi connectivity index (χ1v) is 13.8. The summed E-state index contributed by atoms with van der Waals surface area (Å²) in [4.78, 5) is 55.9. The van der Waals surface area contributed by atoms with Crippen LogP contribution in [-0.4, -0.2) is 75.5 Å². The number of aliphatic hydroxyl groups is 1. The molecule has 4 unspecified atom stereocenters. The molecule has 0 spiro atoms. The zero-order valence-corrected chi connectivity index (χ0v) is 23.7. The van der Waals surface area contributed by atoms with E-state index in [0.29, 0.717) is 6.42 Å². The number of hydrogen-bond donors (Lipinski definition) is 2. The molecule has 0 radical (unpaired) electrons. The highest BCUT2D eigenvalue weighted by Crippen LogP contribution is 2.54. The highest BCUT2D eigenvalue weighted by molar-refractivity contribution is 5.92. The van der Waals surface area contributed by atoms with Crippen LogP contribution in [0.5, 0.6) is 0 Å². The molecule has 2 aliphatic rings. The molecule has 9 heteroatoms. The van der Waals surface area contributed by atoms with E-state index in [1.165, 1.54) is 11.8 Å². The highest BCUT2D eigenvalue weighted by Gasteiger charge is 2.63. The number of aliphatic hydroxyl groups excluding tert-OH is 1. The van der Waals surface area contributed by atoms with Crippen LogP contribution in [0, 0.1) is 5.92 Å². The van der Waals surface area contributed by atoms with Crippen molar-refractivity contribution >= 4 is 23.7 Å². The van der Waals surface area contributed by atoms with Gasteiger partial charge in [-0.1, -0.05) is 74.5 Å². The number of nitrogens with one attached hydrogen (secondary N) is 1. The largest absolute Gasteiger partial charge is 0.461 e. The van der Waals surface area contributed by atoms with Crippen molar-refractivity contribution in [2.75, 3.05) is 13.1 Å². The Morgan fingerprint density at radius 2 is 1.57 bits per heavy atom. The molecule has 0 aromatic heterocycles. The molecule has 1 saturated carbocycles. The van der Waals surface area contributed by atoms with Gasteiger partial charge < -0.3 is 25.0 Å². The van der Waals surface area contributed by atoms with Crippen molar-refractivity contribution < 1.29 is 29.0 Å². The van der Waals surface area contributed by atoms with Crippen LogP contribution < -0.4 is 5.32 Å². The van der Waals surface area contributed by atoms with Gasteiger partial charge in [-0.05, 0) is 37.3 Å². The lowest BCUT2D eigenvalue weighted by atomic mass is 9.92. The van der Waals surface area contributed by atoms with Crippen LogP contribution >= 0.6 is 0 Å². The van der Waals surface area contributed by atoms with Crippen LogP contribution in [0.15, 0.2) is 60.7 Å². The van der Waals surface area contributed by atoms with Crippen molar-refractivity contribution in [3.8, 4) is 0 Å². The number of amides is 3. The van der Waals surface area contributed by atoms with Crippen molar-refractivity contribution in [1.29, 1.82) is 0 Å². The fraction of sp³-hybridized carbons (Fsp3) is 0.484. The van der Waals surface area contributed by atoms with Gasteiger partial charge in [-0.2, -0.15) is 0 Å². The molecule has 2 aromatic rings. The van der Waals surface area contributed by atoms with Gasteiger partial charge in [0, 0.05) is 19.4 Å². The predicted molar refractivity (Wildman–Crippen MR) is 149 cm³/mol. The van der Waals surface area contributed by atoms with E-state index in [9.17, 15) is 24.3 Å². The van der Waals surface area contributed by atoms with Gasteiger partial charge in [-0.15, -0.1) is 0 Å². The normalized spacial score (nSPS) is 25.1. The van der Waals surface area contributed by atoms with E-state index in [1.54, 1.807) is 18.7 Å². The second kappa shape index (κ2) is 11.8. The van der Waals surface area contributed by atoms with Crippen molar-refractivity contribution in [3.05, 3.63) is 71.8 Å². The molecule has 1 aliphatic heterocycles. The smallest absolute Gasteiger partial charge is 0.337 e. The lowest BCUT2D eigenvalue weighted by Gasteiger charge is -2.47. The van der Waals surface area contributed by atoms with E-state index in [0.717, 1.165) is 11.1 Å². The van der Waals surface area contributed by atoms with Crippen LogP contribution in [0.1, 0.15) is 64.1 Å². The Balaban J connectivity index is 1.63. The van der Waals surface area contributed by atoms with Crippen molar-refractivity contribution in [1.82, 2.24) is 15.1 Å². The third-order valence-electron chi connectivity index (χ3n) is 7.79. The maximum absolute atomic E-state index is 13.9. The molecular formula is C31H39N3O6. The van der Waals surface area contributed by atoms with Gasteiger partial charge in [0.25, 0.3) is 0 Å². The average molecular weight is 550 g/mol. The summed E-state index contributed by atoms with van der Waals surface area (Å²) in [6.07, 6.45) is -1.67. The Morgan fingerprint density at radius 1 is 1.00 bits per heavy atom. The van der Waals surface area contributed by atoms with Crippen LogP contribution in [0.4, 0.5) is 0 Å². The zero-order valence-electron chi connectivity index (χ0n) is 23.7. The monoisotopic (exact) mass is 549 g/mol. The van der Waals surface area contributed by atoms with E-state index >= 15 is 0 Å². The number of piperazine rings is 1. The van der Waals surface area contributed by atoms with Gasteiger partial charge in [0.1, 0.15) is 12.6 Å². The first kappa shape index (κ1) is 29.3. The van der Waals surface area contributed by atoms with Gasteiger partial charge in [0.05, 0.1) is 17.7 Å². The van der Waals surface area contributed by atoms with E-state index in [-0.39, 0.29) is 36.7 Å². The fourth-order valence-electron chi connectivity index (χ4n) is 5.82. The Hall–Kier alpha value is -3.72. The number of ether oxygens (including phenoxy) is 1. The Kier molecular flexibility index (Phi) is 8.63. The second-order valence-corrected chi connectivity index (χ2v) is 11.4. The van der Waals surface area contributed by atoms with Crippen LogP contribution in [0.2, 0.25) is 0 Å². The molecule has 1 aliphatic carbocycles. The maximum atomic E-state index is 13.9. The topological polar surface area (TPSA) is 116 Å². The number of rotatable bonds is 9. The molecule has 5 atom stereocenters. The zero-order chi connectivity index (χ0) is 29.2. The molecule has 1 saturated heterocycles. The Morgan fingerprint density at radius 3 is 2.10 bits per heavy atom. The minimum Gasteiger partial charge on any atom is -0.461 e. The van der Waals surface area contributed by atoms with Crippen LogP contribution in [-0.2, 0) is 23.9 Å². The Bertz CT molecular complexity index is 1230. The number of carbonyl (C=O) groups is 4. The summed E-state index contributed by atoms with van der Waals surface area (Å²) >= 11 is 0. The number of esters is 1. The summed E-state index contributed by atoms with van der Waals surface area (Å²) in [5, 5.41) is 14.0. The van der Waals surface area contributed by atoms with Crippen LogP contribution in [0.3, 0.4) is 0 Å². The minimum atomic E-state index is -1.58. The van der Waals surface area contributed by atoms with Gasteiger partial charge in [0.2, 0.25) is 17.7 Å². The van der Waals surface area contributed by atoms with E-state index in [4.69, 9.17) is 4.74 Å². The quantitative estimate of drug-likeness (QED) is 0.465. The third kappa shape index (κ3) is 5.89. The summed E-state index contributed by atoms with van der Waals surface area (Å²) in [5.74, 6) is -2.28. The summed E-state index contributed by atoms with van der Waals surface area (Å²) in [7, 11) is 0. The maximum Gasteiger partial charge on any atom is 0.337 e. The molecule has 2 N–H and O–H groups in total. The molecular weight excluding hydrogens is 510 g/mol. The average Bonchev–Trinajstić information content (AvgIpc) is 3.64. The molecule has 40 heavy (non-hydrogen) atoms. The molecule has 9 nitrogen and oxygen atoms in total. The second-order valence-electron chi connectivity index (χ2n) is 11.4. The number of carbonyl (C=O) groups excluding carboxylic acids is 4. The molecule has 2 fully saturated rings. The first-order valence-electron chi connectivity index (χ1n) is 13.8. The molecule has 4 rings (SSSR count). The molecule has 214 valence electrons. The molecule has 0 bridgehead atoms. The van der Waals surface area contributed by atoms with Gasteiger partial charge in [0.15, 0.2) is 6.10 Å². The third-order valence-corrected chi connectivity index (χ3v) is 7.79. The van der Waals surface area contributed by atoms with E-state index < -0.39 is 41.7 Å². The minimum absolute atomic E-state index is 0.163. The standard InChI is InChI=1S/C31H39N3O6/c1-19(2)27-29(38)34(25(17-33(27)21(5)35)23-14-10-7-11-15-23)18-26(36)32-31(28(37)30(39)40-20(3)4)16-24(31)22-12-8-6-9-13-22/h6-15,19-20,24-25,27-28,37H,16-18H2,1-5H3,(H,32,36)/t24-,25?,27?,28?,31?/m0/s1. The molecule has 3 amide bonds. The number of nitrogens with zero attached hydrogens (tertiary/aromatic N) is 2. The molecule has 2 aromatic carbocycles. The van der Waals surface area contributed by atoms with Gasteiger partial charge in [-0.25, -0.2) is 4.79 Å². The van der Waals surface area contributed by atoms with Crippen molar-refractivity contribution in [3.63, 3.8) is 0 Å². The first-order chi connectivity index (χ1) is 19.0. The highest BCUT2D eigenvalue weighted by atomic mass is 16.6. The lowest BCUT2D eigenvalue weighted by molar-refractivity contribution is -0.161. The number of hydrogen-bond acceptors (Lipinski definition) is 6. The summed E-state index contributed by atoms with van der Waals surface area (Å²) in [6.45, 7) is 8.55. The lowest BCUT2D eigenvalue weighted by Crippen LogP contribution is -2.63.